The van der Waals surface area contributed by atoms with Crippen LogP contribution in [0.4, 0.5) is 15.3 Å². The monoisotopic (exact) mass is 776 g/mol. The van der Waals surface area contributed by atoms with Crippen molar-refractivity contribution in [2.75, 3.05) is 77.4 Å². The Morgan fingerprint density at radius 2 is 1.54 bits per heavy atom. The van der Waals surface area contributed by atoms with E-state index in [0.717, 1.165) is 81.6 Å². The molecule has 56 heavy (non-hydrogen) atoms. The van der Waals surface area contributed by atoms with Crippen LogP contribution in [0.1, 0.15) is 81.5 Å². The van der Waals surface area contributed by atoms with Crippen molar-refractivity contribution in [2.24, 2.45) is 0 Å². The summed E-state index contributed by atoms with van der Waals surface area (Å²) in [6.45, 7) is 12.9. The average Bonchev–Trinajstić information content (AvgIpc) is 3.37. The number of nitrogens with one attached hydrogen (secondary N) is 1. The number of carbonyl (C=O) groups excluding carboxylic acids is 4. The number of aromatic hydroxyl groups is 1. The number of nitrogens with zero attached hydrogens (tertiary/aromatic N) is 5. The van der Waals surface area contributed by atoms with Crippen molar-refractivity contribution in [1.29, 1.82) is 0 Å². The van der Waals surface area contributed by atoms with Gasteiger partial charge in [-0.3, -0.25) is 14.5 Å². The Hall–Kier alpha value is -4.36. The molecule has 4 amide bonds. The second-order valence-corrected chi connectivity index (χ2v) is 15.7. The van der Waals surface area contributed by atoms with E-state index in [1.807, 2.05) is 60.0 Å². The fraction of sp³-hybridized carbons (Fsp3) is 0.628. The summed E-state index contributed by atoms with van der Waals surface area (Å²) in [5, 5.41) is 13.4. The van der Waals surface area contributed by atoms with Crippen LogP contribution in [0.2, 0.25) is 0 Å². The van der Waals surface area contributed by atoms with Crippen molar-refractivity contribution in [3.8, 4) is 5.75 Å². The molecule has 0 spiro atoms. The Balaban J connectivity index is 0.00000600. The summed E-state index contributed by atoms with van der Waals surface area (Å²) in [5.74, 6) is -0.0979. The summed E-state index contributed by atoms with van der Waals surface area (Å²) in [5.41, 5.74) is 4.21. The molecule has 1 atom stereocenters. The number of ether oxygens (including phenoxy) is 2. The molecule has 0 bridgehead atoms. The second-order valence-electron chi connectivity index (χ2n) is 15.7. The Kier molecular flexibility index (Phi) is 15.4. The van der Waals surface area contributed by atoms with Crippen molar-refractivity contribution >= 4 is 29.7 Å². The van der Waals surface area contributed by atoms with E-state index in [2.05, 4.69) is 22.0 Å². The summed E-state index contributed by atoms with van der Waals surface area (Å²) in [7, 11) is 0. The Morgan fingerprint density at radius 1 is 0.875 bits per heavy atom. The summed E-state index contributed by atoms with van der Waals surface area (Å²) in [6.07, 6.45) is 5.08. The molecule has 0 radical (unpaired) electrons. The maximum absolute atomic E-state index is 14.2. The van der Waals surface area contributed by atoms with E-state index >= 15 is 0 Å². The van der Waals surface area contributed by atoms with Gasteiger partial charge in [-0.25, -0.2) is 9.59 Å². The van der Waals surface area contributed by atoms with Gasteiger partial charge in [0.15, 0.2) is 6.10 Å². The van der Waals surface area contributed by atoms with Crippen molar-refractivity contribution in [3.05, 3.63) is 58.7 Å². The topological polar surface area (TPSA) is 135 Å². The maximum atomic E-state index is 14.2. The highest BCUT2D eigenvalue weighted by molar-refractivity contribution is 5.91. The van der Waals surface area contributed by atoms with Crippen LogP contribution in [0.5, 0.6) is 5.75 Å². The molecule has 0 aliphatic carbocycles. The molecule has 4 aliphatic heterocycles. The number of phenolic OH excluding ortho intramolecular Hbond substituents is 1. The Labute approximate surface area is 333 Å². The lowest BCUT2D eigenvalue weighted by Crippen LogP contribution is -2.56. The van der Waals surface area contributed by atoms with Gasteiger partial charge in [0.2, 0.25) is 0 Å². The molecule has 13 heteroatoms. The number of urea groups is 1. The van der Waals surface area contributed by atoms with Crippen LogP contribution < -0.4 is 5.32 Å². The number of amides is 4. The van der Waals surface area contributed by atoms with Gasteiger partial charge in [-0.15, -0.1) is 0 Å². The lowest BCUT2D eigenvalue weighted by molar-refractivity contribution is -0.144. The SMILES string of the molecule is C.CCCCOC(=O)CCN1CCC(N2CCN(C(=O)[C@@H](Cc3cc(C)c(O)c(C)c3)OC(=O)N3CCC(N4CCc5ccccc5NC4=O)CC3)CC2)CC1. The molecule has 0 aromatic heterocycles. The van der Waals surface area contributed by atoms with Crippen molar-refractivity contribution < 1.29 is 33.8 Å². The van der Waals surface area contributed by atoms with Crippen LogP contribution in [-0.2, 0) is 31.9 Å². The van der Waals surface area contributed by atoms with Crippen LogP contribution in [0.25, 0.3) is 0 Å². The lowest BCUT2D eigenvalue weighted by atomic mass is 10.00. The molecular weight excluding hydrogens is 713 g/mol. The number of piperidine rings is 2. The van der Waals surface area contributed by atoms with Gasteiger partial charge < -0.3 is 39.5 Å². The molecule has 308 valence electrons. The first-order valence-electron chi connectivity index (χ1n) is 20.4. The first-order valence-corrected chi connectivity index (χ1v) is 20.4. The summed E-state index contributed by atoms with van der Waals surface area (Å²) in [4.78, 5) is 63.3. The van der Waals surface area contributed by atoms with Crippen LogP contribution in [0.15, 0.2) is 36.4 Å². The maximum Gasteiger partial charge on any atom is 0.410 e. The van der Waals surface area contributed by atoms with Gasteiger partial charge in [0.1, 0.15) is 5.75 Å². The molecule has 3 saturated heterocycles. The number of likely N-dealkylation sites (tertiary alicyclic amines) is 2. The number of phenols is 1. The van der Waals surface area contributed by atoms with Gasteiger partial charge >= 0.3 is 18.1 Å². The average molecular weight is 777 g/mol. The number of unbranched alkanes of at least 4 members (excludes halogenated alkanes) is 1. The van der Waals surface area contributed by atoms with Crippen LogP contribution in [0.3, 0.4) is 0 Å². The molecule has 13 nitrogen and oxygen atoms in total. The van der Waals surface area contributed by atoms with E-state index in [9.17, 15) is 24.3 Å². The number of hydrogen-bond acceptors (Lipinski definition) is 9. The van der Waals surface area contributed by atoms with Gasteiger partial charge in [0.05, 0.1) is 13.0 Å². The number of carbonyl (C=O) groups is 4. The fourth-order valence-corrected chi connectivity index (χ4v) is 8.52. The highest BCUT2D eigenvalue weighted by Gasteiger charge is 2.36. The molecule has 0 unspecified atom stereocenters. The third-order valence-corrected chi connectivity index (χ3v) is 11.9. The highest BCUT2D eigenvalue weighted by Crippen LogP contribution is 2.27. The molecule has 2 N–H and O–H groups in total. The number of benzene rings is 2. The van der Waals surface area contributed by atoms with E-state index in [0.29, 0.717) is 75.8 Å². The molecule has 4 heterocycles. The molecule has 4 aliphatic rings. The number of fused-ring (bicyclic) bond motifs is 1. The van der Waals surface area contributed by atoms with E-state index in [1.54, 1.807) is 4.90 Å². The van der Waals surface area contributed by atoms with E-state index < -0.39 is 12.2 Å². The van der Waals surface area contributed by atoms with Crippen LogP contribution in [-0.4, -0.2) is 144 Å². The number of para-hydroxylation sites is 1. The van der Waals surface area contributed by atoms with Crippen molar-refractivity contribution in [1.82, 2.24) is 24.5 Å². The quantitative estimate of drug-likeness (QED) is 0.209. The first-order chi connectivity index (χ1) is 26.6. The number of aryl methyl sites for hydroxylation is 2. The smallest absolute Gasteiger partial charge is 0.410 e. The predicted octanol–water partition coefficient (Wildman–Crippen LogP) is 5.59. The normalized spacial score (nSPS) is 19.3. The van der Waals surface area contributed by atoms with Gasteiger partial charge in [-0.1, -0.05) is 51.1 Å². The zero-order chi connectivity index (χ0) is 38.9. The highest BCUT2D eigenvalue weighted by atomic mass is 16.6. The van der Waals surface area contributed by atoms with Gasteiger partial charge in [-0.2, -0.15) is 0 Å². The molecule has 2 aromatic rings. The van der Waals surface area contributed by atoms with Crippen LogP contribution in [0, 0.1) is 13.8 Å². The van der Waals surface area contributed by atoms with Crippen molar-refractivity contribution in [2.45, 2.75) is 104 Å². The van der Waals surface area contributed by atoms with E-state index in [-0.39, 0.29) is 43.5 Å². The molecular formula is C43H64N6O7. The van der Waals surface area contributed by atoms with Crippen LogP contribution >= 0.6 is 0 Å². The summed E-state index contributed by atoms with van der Waals surface area (Å²) in [6, 6.07) is 11.9. The number of hydrogen-bond donors (Lipinski definition) is 2. The van der Waals surface area contributed by atoms with E-state index in [4.69, 9.17) is 9.47 Å². The minimum Gasteiger partial charge on any atom is -0.507 e. The summed E-state index contributed by atoms with van der Waals surface area (Å²) < 4.78 is 11.4. The van der Waals surface area contributed by atoms with Gasteiger partial charge in [0, 0.05) is 76.5 Å². The molecule has 3 fully saturated rings. The summed E-state index contributed by atoms with van der Waals surface area (Å²) >= 11 is 0. The fourth-order valence-electron chi connectivity index (χ4n) is 8.52. The Bertz CT molecular complexity index is 1620. The molecule has 0 saturated carbocycles. The van der Waals surface area contributed by atoms with Gasteiger partial charge in [0.25, 0.3) is 5.91 Å². The first kappa shape index (κ1) is 42.8. The Morgan fingerprint density at radius 3 is 2.21 bits per heavy atom. The largest absolute Gasteiger partial charge is 0.507 e. The minimum atomic E-state index is -1.01. The molecule has 2 aromatic carbocycles. The number of esters is 1. The zero-order valence-corrected chi connectivity index (χ0v) is 33.0. The zero-order valence-electron chi connectivity index (χ0n) is 33.0. The number of rotatable bonds is 12. The third-order valence-electron chi connectivity index (χ3n) is 11.9. The lowest BCUT2D eigenvalue weighted by Gasteiger charge is -2.43. The molecule has 6 rings (SSSR count). The van der Waals surface area contributed by atoms with Crippen molar-refractivity contribution in [3.63, 3.8) is 0 Å². The number of piperazine rings is 1. The van der Waals surface area contributed by atoms with E-state index in [1.165, 1.54) is 0 Å². The standard InChI is InChI=1S/C42H60N6O7.CH4/c1-4-5-26-54-38(49)15-18-44-16-11-34(12-17-44)45-22-24-46(25-23-45)40(51)37(29-32-27-30(2)39(50)31(3)28-32)55-42(53)47-19-13-35(14-20-47)48-21-10-33-8-6-7-9-36(33)43-41(48)52;/h6-9,27-28,34-35,37,50H,4-5,10-26,29H2,1-3H3,(H,43,52);1H4/t37-;/m1./s1. The third kappa shape index (κ3) is 10.9. The number of anilines is 1. The second kappa shape index (κ2) is 20.2. The predicted molar refractivity (Wildman–Crippen MR) is 217 cm³/mol. The minimum absolute atomic E-state index is 0. The van der Waals surface area contributed by atoms with Gasteiger partial charge in [-0.05, 0) is 93.8 Å².